The van der Waals surface area contributed by atoms with Crippen LogP contribution < -0.4 is 5.32 Å². The molecule has 0 bridgehead atoms. The highest BCUT2D eigenvalue weighted by Crippen LogP contribution is 2.35. The van der Waals surface area contributed by atoms with Crippen molar-refractivity contribution in [1.29, 1.82) is 0 Å². The summed E-state index contributed by atoms with van der Waals surface area (Å²) in [6, 6.07) is 7.41. The van der Waals surface area contributed by atoms with Crippen LogP contribution in [0.25, 0.3) is 0 Å². The van der Waals surface area contributed by atoms with Gasteiger partial charge >= 0.3 is 5.97 Å². The Bertz CT molecular complexity index is 654. The molecule has 6 heteroatoms. The first-order valence-corrected chi connectivity index (χ1v) is 8.45. The van der Waals surface area contributed by atoms with Gasteiger partial charge in [-0.1, -0.05) is 18.2 Å². The second-order valence-electron chi connectivity index (χ2n) is 6.25. The van der Waals surface area contributed by atoms with Gasteiger partial charge in [0.2, 0.25) is 11.8 Å². The number of carbonyl (C=O) groups is 3. The third kappa shape index (κ3) is 3.27. The number of amides is 2. The van der Waals surface area contributed by atoms with Gasteiger partial charge in [0.05, 0.1) is 12.5 Å². The largest absolute Gasteiger partial charge is 0.465 e. The Morgan fingerprint density at radius 3 is 2.71 bits per heavy atom. The van der Waals surface area contributed by atoms with Crippen LogP contribution in [0.15, 0.2) is 24.3 Å². The summed E-state index contributed by atoms with van der Waals surface area (Å²) in [5.74, 6) is -1.26. The van der Waals surface area contributed by atoms with Crippen molar-refractivity contribution in [3.63, 3.8) is 0 Å². The third-order valence-electron chi connectivity index (χ3n) is 4.70. The lowest BCUT2D eigenvalue weighted by Gasteiger charge is -2.39. The van der Waals surface area contributed by atoms with E-state index in [4.69, 9.17) is 4.74 Å². The maximum absolute atomic E-state index is 13.1. The first-order valence-electron chi connectivity index (χ1n) is 8.45. The normalized spacial score (nSPS) is 19.7. The highest BCUT2D eigenvalue weighted by Gasteiger charge is 2.38. The van der Waals surface area contributed by atoms with Gasteiger partial charge in [0, 0.05) is 18.2 Å². The molecule has 1 atom stereocenters. The Hall–Kier alpha value is -2.37. The van der Waals surface area contributed by atoms with Crippen LogP contribution in [0.2, 0.25) is 0 Å². The molecular formula is C18H22N2O4. The number of hydrogen-bond acceptors (Lipinski definition) is 4. The third-order valence-corrected chi connectivity index (χ3v) is 4.70. The number of para-hydroxylation sites is 1. The molecule has 1 N–H and O–H groups in total. The monoisotopic (exact) mass is 330 g/mol. The lowest BCUT2D eigenvalue weighted by atomic mass is 9.86. The number of carbonyl (C=O) groups excluding carboxylic acids is 3. The van der Waals surface area contributed by atoms with Crippen LogP contribution in [-0.4, -0.2) is 41.9 Å². The fourth-order valence-electron chi connectivity index (χ4n) is 3.26. The lowest BCUT2D eigenvalue weighted by Crippen LogP contribution is -2.49. The number of hydrogen-bond donors (Lipinski definition) is 1. The van der Waals surface area contributed by atoms with Crippen LogP contribution in [0.5, 0.6) is 0 Å². The van der Waals surface area contributed by atoms with E-state index < -0.39 is 11.9 Å². The van der Waals surface area contributed by atoms with Gasteiger partial charge < -0.3 is 15.0 Å². The van der Waals surface area contributed by atoms with Crippen LogP contribution in [0.1, 0.15) is 44.1 Å². The zero-order valence-corrected chi connectivity index (χ0v) is 13.8. The van der Waals surface area contributed by atoms with E-state index in [-0.39, 0.29) is 30.8 Å². The van der Waals surface area contributed by atoms with Gasteiger partial charge in [0.25, 0.3) is 0 Å². The van der Waals surface area contributed by atoms with Crippen LogP contribution in [0, 0.1) is 0 Å². The van der Waals surface area contributed by atoms with E-state index in [0.29, 0.717) is 12.3 Å². The number of anilines is 1. The quantitative estimate of drug-likeness (QED) is 0.839. The molecule has 128 valence electrons. The van der Waals surface area contributed by atoms with Gasteiger partial charge in [0.15, 0.2) is 0 Å². The summed E-state index contributed by atoms with van der Waals surface area (Å²) >= 11 is 0. The number of nitrogens with one attached hydrogen (secondary N) is 1. The van der Waals surface area contributed by atoms with Gasteiger partial charge in [-0.2, -0.15) is 0 Å². The van der Waals surface area contributed by atoms with E-state index in [9.17, 15) is 14.4 Å². The number of rotatable bonds is 5. The molecule has 1 unspecified atom stereocenters. The van der Waals surface area contributed by atoms with E-state index in [0.717, 1.165) is 24.8 Å². The summed E-state index contributed by atoms with van der Waals surface area (Å²) < 4.78 is 5.01. The molecule has 1 saturated carbocycles. The molecule has 1 heterocycles. The average Bonchev–Trinajstić information content (AvgIpc) is 2.51. The molecule has 2 amide bonds. The number of ether oxygens (including phenoxy) is 1. The highest BCUT2D eigenvalue weighted by molar-refractivity contribution is 6.01. The Balaban J connectivity index is 1.84. The second-order valence-corrected chi connectivity index (χ2v) is 6.25. The van der Waals surface area contributed by atoms with Crippen molar-refractivity contribution in [2.75, 3.05) is 18.5 Å². The summed E-state index contributed by atoms with van der Waals surface area (Å²) in [4.78, 5) is 38.6. The first kappa shape index (κ1) is 16.5. The number of fused-ring (bicyclic) bond motifs is 1. The van der Waals surface area contributed by atoms with Crippen molar-refractivity contribution in [2.24, 2.45) is 0 Å². The van der Waals surface area contributed by atoms with Crippen molar-refractivity contribution < 1.29 is 19.1 Å². The van der Waals surface area contributed by atoms with E-state index in [1.165, 1.54) is 0 Å². The molecule has 1 aliphatic heterocycles. The molecule has 0 spiro atoms. The molecule has 1 aromatic rings. The summed E-state index contributed by atoms with van der Waals surface area (Å²) in [6.45, 7) is 1.99. The zero-order valence-electron chi connectivity index (χ0n) is 13.8. The number of esters is 1. The molecule has 0 radical (unpaired) electrons. The topological polar surface area (TPSA) is 75.7 Å². The van der Waals surface area contributed by atoms with Crippen molar-refractivity contribution in [1.82, 2.24) is 4.90 Å². The minimum Gasteiger partial charge on any atom is -0.465 e. The molecular weight excluding hydrogens is 308 g/mol. The molecule has 1 aliphatic carbocycles. The van der Waals surface area contributed by atoms with Gasteiger partial charge in [-0.3, -0.25) is 14.4 Å². The maximum atomic E-state index is 13.1. The fraction of sp³-hybridized carbons (Fsp3) is 0.500. The summed E-state index contributed by atoms with van der Waals surface area (Å²) in [5.41, 5.74) is 1.49. The summed E-state index contributed by atoms with van der Waals surface area (Å²) in [6.07, 6.45) is 2.96. The summed E-state index contributed by atoms with van der Waals surface area (Å²) in [5, 5.41) is 2.80. The number of nitrogens with zero attached hydrogens (tertiary/aromatic N) is 1. The lowest BCUT2D eigenvalue weighted by molar-refractivity contribution is -0.152. The fourth-order valence-corrected chi connectivity index (χ4v) is 3.26. The van der Waals surface area contributed by atoms with Crippen LogP contribution in [0.4, 0.5) is 5.69 Å². The number of benzene rings is 1. The molecule has 24 heavy (non-hydrogen) atoms. The van der Waals surface area contributed by atoms with Gasteiger partial charge in [-0.15, -0.1) is 0 Å². The van der Waals surface area contributed by atoms with Crippen molar-refractivity contribution in [2.45, 2.75) is 44.6 Å². The molecule has 6 nitrogen and oxygen atoms in total. The van der Waals surface area contributed by atoms with Crippen LogP contribution in [-0.2, 0) is 19.1 Å². The second kappa shape index (κ2) is 7.03. The predicted octanol–water partition coefficient (Wildman–Crippen LogP) is 2.06. The zero-order chi connectivity index (χ0) is 17.1. The Morgan fingerprint density at radius 2 is 2.04 bits per heavy atom. The highest BCUT2D eigenvalue weighted by atomic mass is 16.5. The molecule has 2 aliphatic rings. The average molecular weight is 330 g/mol. The van der Waals surface area contributed by atoms with E-state index in [1.54, 1.807) is 17.9 Å². The van der Waals surface area contributed by atoms with Crippen LogP contribution >= 0.6 is 0 Å². The Kier molecular flexibility index (Phi) is 4.83. The Labute approximate surface area is 141 Å². The van der Waals surface area contributed by atoms with E-state index >= 15 is 0 Å². The molecule has 3 rings (SSSR count). The SMILES string of the molecule is CCOC(=O)CN(C(=O)C1CC(=O)Nc2ccccc21)C1CCC1. The minimum atomic E-state index is -0.537. The summed E-state index contributed by atoms with van der Waals surface area (Å²) in [7, 11) is 0. The van der Waals surface area contributed by atoms with Crippen molar-refractivity contribution >= 4 is 23.5 Å². The molecule has 1 fully saturated rings. The minimum absolute atomic E-state index is 0.0440. The molecule has 1 aromatic carbocycles. The van der Waals surface area contributed by atoms with Crippen molar-refractivity contribution in [3.8, 4) is 0 Å². The molecule has 0 aromatic heterocycles. The van der Waals surface area contributed by atoms with Crippen LogP contribution in [0.3, 0.4) is 0 Å². The first-order chi connectivity index (χ1) is 11.6. The van der Waals surface area contributed by atoms with Gasteiger partial charge in [-0.05, 0) is 37.8 Å². The smallest absolute Gasteiger partial charge is 0.325 e. The van der Waals surface area contributed by atoms with Crippen molar-refractivity contribution in [3.05, 3.63) is 29.8 Å². The van der Waals surface area contributed by atoms with Gasteiger partial charge in [-0.25, -0.2) is 0 Å². The standard InChI is InChI=1S/C18H22N2O4/c1-2-24-17(22)11-20(12-6-5-7-12)18(23)14-10-16(21)19-15-9-4-3-8-13(14)15/h3-4,8-9,12,14H,2,5-7,10-11H2,1H3,(H,19,21). The Morgan fingerprint density at radius 1 is 1.29 bits per heavy atom. The predicted molar refractivity (Wildman–Crippen MR) is 88.4 cm³/mol. The molecule has 0 saturated heterocycles. The maximum Gasteiger partial charge on any atom is 0.325 e. The van der Waals surface area contributed by atoms with E-state index in [2.05, 4.69) is 5.32 Å². The van der Waals surface area contributed by atoms with E-state index in [1.807, 2.05) is 18.2 Å². The van der Waals surface area contributed by atoms with Gasteiger partial charge in [0.1, 0.15) is 6.54 Å².